The Labute approximate surface area is 197 Å². The van der Waals surface area contributed by atoms with Gasteiger partial charge in [-0.1, -0.05) is 82.7 Å². The van der Waals surface area contributed by atoms with Crippen LogP contribution in [0.25, 0.3) is 5.57 Å². The third-order valence-electron chi connectivity index (χ3n) is 5.39. The topological polar surface area (TPSA) is 57.7 Å². The largest absolute Gasteiger partial charge is 0.307 e. The monoisotopic (exact) mass is 510 g/mol. The maximum atomic E-state index is 13.0. The molecule has 5 nitrogen and oxygen atoms in total. The lowest BCUT2D eigenvalue weighted by atomic mass is 10.0. The fourth-order valence-corrected chi connectivity index (χ4v) is 5.45. The first-order chi connectivity index (χ1) is 15.5. The zero-order valence-corrected chi connectivity index (χ0v) is 19.8. The second-order valence-electron chi connectivity index (χ2n) is 7.45. The summed E-state index contributed by atoms with van der Waals surface area (Å²) in [5.41, 5.74) is 3.54. The van der Waals surface area contributed by atoms with Crippen molar-refractivity contribution < 1.29 is 13.2 Å². The van der Waals surface area contributed by atoms with Crippen LogP contribution in [0.1, 0.15) is 17.5 Å². The number of halogens is 1. The summed E-state index contributed by atoms with van der Waals surface area (Å²) in [5, 5.41) is 0.196. The van der Waals surface area contributed by atoms with Crippen molar-refractivity contribution in [2.24, 2.45) is 0 Å². The van der Waals surface area contributed by atoms with E-state index >= 15 is 0 Å². The average molecular weight is 511 g/mol. The summed E-state index contributed by atoms with van der Waals surface area (Å²) in [5.74, 6) is -0.0614. The molecule has 3 aromatic carbocycles. The molecule has 0 saturated carbocycles. The molecule has 1 amide bonds. The van der Waals surface area contributed by atoms with Crippen molar-refractivity contribution in [1.29, 1.82) is 0 Å². The summed E-state index contributed by atoms with van der Waals surface area (Å²) in [6.07, 6.45) is 2.27. The lowest BCUT2D eigenvalue weighted by Gasteiger charge is -2.25. The number of para-hydroxylation sites is 1. The highest BCUT2D eigenvalue weighted by Gasteiger charge is 2.28. The van der Waals surface area contributed by atoms with Crippen LogP contribution in [-0.4, -0.2) is 30.5 Å². The number of amides is 1. The predicted octanol–water partition coefficient (Wildman–Crippen LogP) is 5.05. The van der Waals surface area contributed by atoms with Gasteiger partial charge in [-0.25, -0.2) is 8.42 Å². The summed E-state index contributed by atoms with van der Waals surface area (Å²) >= 11 is 3.30. The SMILES string of the molecule is O=C(CBr)N(Cc1ccccc1)c1ccccc1C1=CN(S(=O)(=O)c2ccccc2)CC1. The molecule has 0 aromatic heterocycles. The number of rotatable bonds is 7. The van der Waals surface area contributed by atoms with Gasteiger partial charge in [0.05, 0.1) is 22.5 Å². The molecule has 0 aliphatic carbocycles. The summed E-state index contributed by atoms with van der Waals surface area (Å²) < 4.78 is 27.5. The number of sulfonamides is 1. The Balaban J connectivity index is 1.70. The smallest absolute Gasteiger partial charge is 0.263 e. The van der Waals surface area contributed by atoms with Gasteiger partial charge < -0.3 is 4.90 Å². The molecule has 1 aliphatic rings. The Morgan fingerprint density at radius 1 is 0.906 bits per heavy atom. The van der Waals surface area contributed by atoms with Gasteiger partial charge in [0.25, 0.3) is 10.0 Å². The molecule has 0 N–H and O–H groups in total. The van der Waals surface area contributed by atoms with Crippen LogP contribution in [0.5, 0.6) is 0 Å². The minimum atomic E-state index is -3.61. The Kier molecular flexibility index (Phi) is 6.77. The quantitative estimate of drug-likeness (QED) is 0.418. The first kappa shape index (κ1) is 22.3. The molecule has 0 saturated heterocycles. The van der Waals surface area contributed by atoms with Crippen LogP contribution in [0.4, 0.5) is 5.69 Å². The molecule has 0 bridgehead atoms. The van der Waals surface area contributed by atoms with E-state index in [4.69, 9.17) is 0 Å². The molecular weight excluding hydrogens is 488 g/mol. The minimum Gasteiger partial charge on any atom is -0.307 e. The van der Waals surface area contributed by atoms with Gasteiger partial charge in [0.2, 0.25) is 5.91 Å². The molecule has 0 unspecified atom stereocenters. The van der Waals surface area contributed by atoms with E-state index in [9.17, 15) is 13.2 Å². The highest BCUT2D eigenvalue weighted by molar-refractivity contribution is 9.09. The van der Waals surface area contributed by atoms with E-state index in [2.05, 4.69) is 15.9 Å². The Bertz CT molecular complexity index is 1230. The van der Waals surface area contributed by atoms with Gasteiger partial charge in [-0.3, -0.25) is 9.10 Å². The van der Waals surface area contributed by atoms with Crippen molar-refractivity contribution in [3.63, 3.8) is 0 Å². The number of hydrogen-bond donors (Lipinski definition) is 0. The summed E-state index contributed by atoms with van der Waals surface area (Å²) in [4.78, 5) is 14.9. The normalized spacial score (nSPS) is 13.7. The highest BCUT2D eigenvalue weighted by Crippen LogP contribution is 2.35. The molecule has 0 atom stereocenters. The molecule has 0 fully saturated rings. The van der Waals surface area contributed by atoms with Gasteiger partial charge in [0.15, 0.2) is 0 Å². The van der Waals surface area contributed by atoms with Gasteiger partial charge in [-0.05, 0) is 35.8 Å². The molecule has 164 valence electrons. The number of hydrogen-bond acceptors (Lipinski definition) is 3. The molecule has 4 rings (SSSR count). The van der Waals surface area contributed by atoms with Crippen molar-refractivity contribution in [3.8, 4) is 0 Å². The van der Waals surface area contributed by atoms with Crippen LogP contribution in [-0.2, 0) is 21.4 Å². The molecule has 32 heavy (non-hydrogen) atoms. The predicted molar refractivity (Wildman–Crippen MR) is 131 cm³/mol. The number of nitrogens with zero attached hydrogens (tertiary/aromatic N) is 2. The van der Waals surface area contributed by atoms with Gasteiger partial charge >= 0.3 is 0 Å². The Hall–Kier alpha value is -2.90. The van der Waals surface area contributed by atoms with E-state index in [1.54, 1.807) is 41.4 Å². The summed E-state index contributed by atoms with van der Waals surface area (Å²) in [7, 11) is -3.61. The number of anilines is 1. The maximum Gasteiger partial charge on any atom is 0.263 e. The molecule has 1 aliphatic heterocycles. The second kappa shape index (κ2) is 9.71. The molecule has 3 aromatic rings. The number of benzene rings is 3. The van der Waals surface area contributed by atoms with Gasteiger partial charge in [-0.2, -0.15) is 0 Å². The van der Waals surface area contributed by atoms with Crippen LogP contribution >= 0.6 is 15.9 Å². The van der Waals surface area contributed by atoms with E-state index < -0.39 is 10.0 Å². The zero-order valence-electron chi connectivity index (χ0n) is 17.4. The molecule has 7 heteroatoms. The Morgan fingerprint density at radius 2 is 1.53 bits per heavy atom. The fourth-order valence-electron chi connectivity index (χ4n) is 3.78. The first-order valence-electron chi connectivity index (χ1n) is 10.3. The first-order valence-corrected chi connectivity index (χ1v) is 12.8. The van der Waals surface area contributed by atoms with Crippen LogP contribution in [0.2, 0.25) is 0 Å². The van der Waals surface area contributed by atoms with Crippen molar-refractivity contribution in [2.75, 3.05) is 16.8 Å². The Morgan fingerprint density at radius 3 is 2.22 bits per heavy atom. The van der Waals surface area contributed by atoms with E-state index in [0.717, 1.165) is 22.4 Å². The van der Waals surface area contributed by atoms with Crippen molar-refractivity contribution in [3.05, 3.63) is 102 Å². The summed E-state index contributed by atoms with van der Waals surface area (Å²) in [6, 6.07) is 25.9. The van der Waals surface area contributed by atoms with Crippen molar-refractivity contribution in [1.82, 2.24) is 4.31 Å². The van der Waals surface area contributed by atoms with Crippen LogP contribution in [0.3, 0.4) is 0 Å². The lowest BCUT2D eigenvalue weighted by Crippen LogP contribution is -2.32. The molecule has 0 spiro atoms. The zero-order chi connectivity index (χ0) is 22.6. The van der Waals surface area contributed by atoms with Crippen molar-refractivity contribution >= 4 is 43.1 Å². The average Bonchev–Trinajstić information content (AvgIpc) is 3.34. The van der Waals surface area contributed by atoms with Crippen LogP contribution < -0.4 is 4.90 Å². The van der Waals surface area contributed by atoms with Gasteiger partial charge in [-0.15, -0.1) is 0 Å². The van der Waals surface area contributed by atoms with Crippen LogP contribution in [0, 0.1) is 0 Å². The number of carbonyl (C=O) groups excluding carboxylic acids is 1. The molecule has 0 radical (unpaired) electrons. The standard InChI is InChI=1S/C25H23BrN2O3S/c26-17-25(29)28(18-20-9-3-1-4-10-20)24-14-8-7-13-23(24)21-15-16-27(19-21)32(30,31)22-11-5-2-6-12-22/h1-14,19H,15-18H2. The third kappa shape index (κ3) is 4.64. The van der Waals surface area contributed by atoms with Crippen molar-refractivity contribution in [2.45, 2.75) is 17.9 Å². The maximum absolute atomic E-state index is 13.0. The van der Waals surface area contributed by atoms with E-state index in [1.165, 1.54) is 4.31 Å². The fraction of sp³-hybridized carbons (Fsp3) is 0.160. The molecule has 1 heterocycles. The van der Waals surface area contributed by atoms with E-state index in [-0.39, 0.29) is 16.1 Å². The summed E-state index contributed by atoms with van der Waals surface area (Å²) in [6.45, 7) is 0.799. The number of alkyl halides is 1. The van der Waals surface area contributed by atoms with Gasteiger partial charge in [0.1, 0.15) is 0 Å². The molecular formula is C25H23BrN2O3S. The van der Waals surface area contributed by atoms with E-state index in [1.807, 2.05) is 54.6 Å². The number of carbonyl (C=O) groups is 1. The van der Waals surface area contributed by atoms with E-state index in [0.29, 0.717) is 19.5 Å². The minimum absolute atomic E-state index is 0.0614. The second-order valence-corrected chi connectivity index (χ2v) is 9.90. The highest BCUT2D eigenvalue weighted by atomic mass is 79.9. The van der Waals surface area contributed by atoms with Crippen LogP contribution in [0.15, 0.2) is 96.0 Å². The lowest BCUT2D eigenvalue weighted by molar-refractivity contribution is -0.116. The van der Waals surface area contributed by atoms with Gasteiger partial charge in [0, 0.05) is 18.3 Å². The third-order valence-corrected chi connectivity index (χ3v) is 7.64.